The van der Waals surface area contributed by atoms with Gasteiger partial charge in [0, 0.05) is 29.7 Å². The summed E-state index contributed by atoms with van der Waals surface area (Å²) < 4.78 is 23.8. The van der Waals surface area contributed by atoms with Crippen LogP contribution in [0.4, 0.5) is 17.1 Å². The fraction of sp³-hybridized carbons (Fsp3) is 0.278. The quantitative estimate of drug-likeness (QED) is 0.622. The van der Waals surface area contributed by atoms with Gasteiger partial charge in [0.15, 0.2) is 9.84 Å². The van der Waals surface area contributed by atoms with Gasteiger partial charge in [0.1, 0.15) is 10.9 Å². The summed E-state index contributed by atoms with van der Waals surface area (Å²) in [6.07, 6.45) is 1.44. The van der Waals surface area contributed by atoms with Crippen molar-refractivity contribution in [2.45, 2.75) is 30.3 Å². The molecule has 2 aromatic rings. The number of rotatable bonds is 5. The van der Waals surface area contributed by atoms with E-state index in [1.807, 2.05) is 37.3 Å². The Bertz CT molecular complexity index is 991. The monoisotopic (exact) mass is 389 g/mol. The molecule has 1 N–H and O–H groups in total. The highest BCUT2D eigenvalue weighted by atomic mass is 32.2. The van der Waals surface area contributed by atoms with Gasteiger partial charge in [-0.3, -0.25) is 14.9 Å². The molecule has 142 valence electrons. The van der Waals surface area contributed by atoms with Gasteiger partial charge in [-0.05, 0) is 37.6 Å². The Hall–Kier alpha value is -2.94. The Morgan fingerprint density at radius 1 is 1.19 bits per heavy atom. The molecule has 0 saturated carbocycles. The summed E-state index contributed by atoms with van der Waals surface area (Å²) in [5, 5.41) is 14.1. The number of nitrogens with one attached hydrogen (secondary N) is 1. The molecule has 0 aromatic heterocycles. The molecule has 2 unspecified atom stereocenters. The van der Waals surface area contributed by atoms with Crippen LogP contribution in [0.25, 0.3) is 0 Å². The molecule has 1 fully saturated rings. The smallest absolute Gasteiger partial charge is 0.288 e. The molecule has 1 aliphatic heterocycles. The second-order valence-electron chi connectivity index (χ2n) is 6.54. The minimum atomic E-state index is -3.79. The number of nitro benzene ring substituents is 1. The van der Waals surface area contributed by atoms with Crippen LogP contribution in [0.5, 0.6) is 0 Å². The van der Waals surface area contributed by atoms with E-state index in [2.05, 4.69) is 5.32 Å². The van der Waals surface area contributed by atoms with Crippen molar-refractivity contribution in [1.82, 2.24) is 0 Å². The number of amides is 1. The summed E-state index contributed by atoms with van der Waals surface area (Å²) in [5.41, 5.74) is 0.654. The summed E-state index contributed by atoms with van der Waals surface area (Å²) in [6, 6.07) is 12.4. The Labute approximate surface area is 156 Å². The first-order valence-corrected chi connectivity index (χ1v) is 10.2. The molecule has 2 aromatic carbocycles. The first-order valence-electron chi connectivity index (χ1n) is 8.31. The molecular formula is C18H19N3O5S. The number of carbonyl (C=O) groups excluding carboxylic acids is 1. The number of hydrogen-bond acceptors (Lipinski definition) is 6. The molecule has 3 rings (SSSR count). The van der Waals surface area contributed by atoms with Crippen molar-refractivity contribution in [1.29, 1.82) is 0 Å². The van der Waals surface area contributed by atoms with Crippen LogP contribution in [0.15, 0.2) is 53.4 Å². The highest BCUT2D eigenvalue weighted by Gasteiger charge is 2.38. The van der Waals surface area contributed by atoms with E-state index in [9.17, 15) is 23.3 Å². The van der Waals surface area contributed by atoms with E-state index < -0.39 is 26.5 Å². The third-order valence-electron chi connectivity index (χ3n) is 4.48. The van der Waals surface area contributed by atoms with Gasteiger partial charge in [-0.2, -0.15) is 0 Å². The first-order chi connectivity index (χ1) is 12.7. The van der Waals surface area contributed by atoms with E-state index in [0.717, 1.165) is 18.0 Å². The second-order valence-corrected chi connectivity index (χ2v) is 8.52. The number of nitrogens with zero attached hydrogens (tertiary/aromatic N) is 2. The van der Waals surface area contributed by atoms with Crippen LogP contribution in [0, 0.1) is 10.1 Å². The fourth-order valence-corrected chi connectivity index (χ4v) is 4.14. The minimum Gasteiger partial charge on any atom is -0.374 e. The maximum Gasteiger partial charge on any atom is 0.288 e. The van der Waals surface area contributed by atoms with Crippen molar-refractivity contribution < 1.29 is 18.1 Å². The maximum atomic E-state index is 12.8. The lowest BCUT2D eigenvalue weighted by atomic mass is 10.1. The van der Waals surface area contributed by atoms with E-state index in [1.165, 1.54) is 12.1 Å². The molecule has 1 saturated heterocycles. The highest BCUT2D eigenvalue weighted by Crippen LogP contribution is 2.31. The molecule has 2 atom stereocenters. The zero-order chi connectivity index (χ0) is 19.8. The first kappa shape index (κ1) is 18.8. The number of nitro groups is 1. The molecule has 27 heavy (non-hydrogen) atoms. The number of benzene rings is 2. The predicted molar refractivity (Wildman–Crippen MR) is 102 cm³/mol. The summed E-state index contributed by atoms with van der Waals surface area (Å²) >= 11 is 0. The zero-order valence-electron chi connectivity index (χ0n) is 14.8. The van der Waals surface area contributed by atoms with E-state index in [1.54, 1.807) is 4.90 Å². The van der Waals surface area contributed by atoms with Crippen LogP contribution in [-0.2, 0) is 14.6 Å². The molecule has 0 aliphatic carbocycles. The zero-order valence-corrected chi connectivity index (χ0v) is 15.6. The Morgan fingerprint density at radius 3 is 2.44 bits per heavy atom. The van der Waals surface area contributed by atoms with Crippen molar-refractivity contribution in [3.05, 3.63) is 58.6 Å². The SMILES string of the molecule is CC1CC(Nc2ccc([N+](=O)[O-])c(S(C)(=O)=O)c2)C(=O)N1c1ccccc1. The van der Waals surface area contributed by atoms with E-state index >= 15 is 0 Å². The molecule has 1 amide bonds. The largest absolute Gasteiger partial charge is 0.374 e. The summed E-state index contributed by atoms with van der Waals surface area (Å²) in [4.78, 5) is 24.5. The van der Waals surface area contributed by atoms with Gasteiger partial charge >= 0.3 is 0 Å². The van der Waals surface area contributed by atoms with Crippen molar-refractivity contribution in [2.75, 3.05) is 16.5 Å². The van der Waals surface area contributed by atoms with Crippen LogP contribution >= 0.6 is 0 Å². The standard InChI is InChI=1S/C18H19N3O5S/c1-12-10-15(18(22)20(12)14-6-4-3-5-7-14)19-13-8-9-16(21(23)24)17(11-13)27(2,25)26/h3-9,11-12,15,19H,10H2,1-2H3. The average Bonchev–Trinajstić information content (AvgIpc) is 2.88. The maximum absolute atomic E-state index is 12.8. The third kappa shape index (κ3) is 3.77. The second kappa shape index (κ2) is 6.99. The predicted octanol–water partition coefficient (Wildman–Crippen LogP) is 2.60. The molecular weight excluding hydrogens is 370 g/mol. The van der Waals surface area contributed by atoms with Crippen molar-refractivity contribution >= 4 is 32.8 Å². The van der Waals surface area contributed by atoms with Gasteiger partial charge < -0.3 is 10.2 Å². The minimum absolute atomic E-state index is 0.0372. The molecule has 1 heterocycles. The fourth-order valence-electron chi connectivity index (χ4n) is 3.28. The molecule has 8 nitrogen and oxygen atoms in total. The molecule has 9 heteroatoms. The van der Waals surface area contributed by atoms with Gasteiger partial charge in [0.25, 0.3) is 5.69 Å². The van der Waals surface area contributed by atoms with Gasteiger partial charge in [-0.25, -0.2) is 8.42 Å². The van der Waals surface area contributed by atoms with Crippen LogP contribution in [0.1, 0.15) is 13.3 Å². The number of para-hydroxylation sites is 1. The van der Waals surface area contributed by atoms with Crippen molar-refractivity contribution in [2.24, 2.45) is 0 Å². The van der Waals surface area contributed by atoms with Crippen LogP contribution in [-0.4, -0.2) is 37.6 Å². The lowest BCUT2D eigenvalue weighted by Crippen LogP contribution is -2.35. The number of anilines is 2. The van der Waals surface area contributed by atoms with Crippen molar-refractivity contribution in [3.63, 3.8) is 0 Å². The van der Waals surface area contributed by atoms with Crippen molar-refractivity contribution in [3.8, 4) is 0 Å². The molecule has 0 spiro atoms. The van der Waals surface area contributed by atoms with Crippen LogP contribution < -0.4 is 10.2 Å². The topological polar surface area (TPSA) is 110 Å². The Balaban J connectivity index is 1.88. The molecule has 0 radical (unpaired) electrons. The summed E-state index contributed by atoms with van der Waals surface area (Å²) in [5.74, 6) is -0.132. The normalized spacial score (nSPS) is 19.9. The summed E-state index contributed by atoms with van der Waals surface area (Å²) in [7, 11) is -3.79. The number of carbonyl (C=O) groups is 1. The van der Waals surface area contributed by atoms with Gasteiger partial charge in [-0.1, -0.05) is 18.2 Å². The van der Waals surface area contributed by atoms with Gasteiger partial charge in [-0.15, -0.1) is 0 Å². The summed E-state index contributed by atoms with van der Waals surface area (Å²) in [6.45, 7) is 1.93. The number of hydrogen-bond donors (Lipinski definition) is 1. The lowest BCUT2D eigenvalue weighted by molar-refractivity contribution is -0.387. The third-order valence-corrected chi connectivity index (χ3v) is 5.61. The molecule has 0 bridgehead atoms. The van der Waals surface area contributed by atoms with Gasteiger partial charge in [0.2, 0.25) is 5.91 Å². The lowest BCUT2D eigenvalue weighted by Gasteiger charge is -2.21. The van der Waals surface area contributed by atoms with E-state index in [-0.39, 0.29) is 16.8 Å². The van der Waals surface area contributed by atoms with E-state index in [0.29, 0.717) is 12.1 Å². The highest BCUT2D eigenvalue weighted by molar-refractivity contribution is 7.90. The van der Waals surface area contributed by atoms with E-state index in [4.69, 9.17) is 0 Å². The average molecular weight is 389 g/mol. The Morgan fingerprint density at radius 2 is 1.85 bits per heavy atom. The van der Waals surface area contributed by atoms with Gasteiger partial charge in [0.05, 0.1) is 4.92 Å². The van der Waals surface area contributed by atoms with Crippen LogP contribution in [0.2, 0.25) is 0 Å². The Kier molecular flexibility index (Phi) is 4.88. The molecule has 1 aliphatic rings. The number of sulfone groups is 1. The van der Waals surface area contributed by atoms with Crippen LogP contribution in [0.3, 0.4) is 0 Å².